The van der Waals surface area contributed by atoms with Gasteiger partial charge >= 0.3 is 5.97 Å². The monoisotopic (exact) mass is 235 g/mol. The molecular weight excluding hydrogens is 225 g/mol. The van der Waals surface area contributed by atoms with Crippen LogP contribution in [0.15, 0.2) is 35.0 Å². The molecule has 0 radical (unpaired) electrons. The van der Waals surface area contributed by atoms with E-state index in [0.29, 0.717) is 0 Å². The van der Waals surface area contributed by atoms with Crippen molar-refractivity contribution in [3.8, 4) is 0 Å². The smallest absolute Gasteiger partial charge is 0.340 e. The maximum atomic E-state index is 12.8. The van der Waals surface area contributed by atoms with Crippen LogP contribution in [-0.2, 0) is 0 Å². The van der Waals surface area contributed by atoms with Crippen LogP contribution in [0, 0.1) is 5.82 Å². The highest BCUT2D eigenvalue weighted by atomic mass is 19.1. The zero-order chi connectivity index (χ0) is 12.4. The number of carbonyl (C=O) groups is 1. The van der Waals surface area contributed by atoms with Crippen molar-refractivity contribution >= 4 is 5.97 Å². The molecule has 1 aromatic carbocycles. The molecule has 1 unspecified atom stereocenters. The van der Waals surface area contributed by atoms with E-state index in [9.17, 15) is 9.18 Å². The lowest BCUT2D eigenvalue weighted by molar-refractivity contribution is 0.0694. The van der Waals surface area contributed by atoms with Crippen molar-refractivity contribution in [1.29, 1.82) is 0 Å². The van der Waals surface area contributed by atoms with Gasteiger partial charge in [0.1, 0.15) is 11.4 Å². The first-order valence-corrected chi connectivity index (χ1v) is 5.03. The molecule has 0 amide bonds. The maximum absolute atomic E-state index is 12.8. The number of nitrogens with zero attached hydrogens (tertiary/aromatic N) is 1. The second kappa shape index (κ2) is 4.37. The molecule has 1 atom stereocenters. The molecule has 0 saturated carbocycles. The van der Waals surface area contributed by atoms with Gasteiger partial charge in [-0.1, -0.05) is 24.2 Å². The summed E-state index contributed by atoms with van der Waals surface area (Å²) in [5.74, 6) is -1.44. The number of hydrogen-bond acceptors (Lipinski definition) is 3. The molecule has 0 aliphatic carbocycles. The van der Waals surface area contributed by atoms with Gasteiger partial charge in [-0.3, -0.25) is 0 Å². The van der Waals surface area contributed by atoms with Crippen molar-refractivity contribution in [2.75, 3.05) is 0 Å². The van der Waals surface area contributed by atoms with Gasteiger partial charge < -0.3 is 9.63 Å². The number of hydrogen-bond donors (Lipinski definition) is 1. The summed E-state index contributed by atoms with van der Waals surface area (Å²) in [5, 5.41) is 12.4. The third-order valence-electron chi connectivity index (χ3n) is 2.59. The molecule has 4 nitrogen and oxygen atoms in total. The maximum Gasteiger partial charge on any atom is 0.340 e. The number of benzene rings is 1. The van der Waals surface area contributed by atoms with E-state index in [1.165, 1.54) is 12.1 Å². The van der Waals surface area contributed by atoms with Crippen LogP contribution in [0.3, 0.4) is 0 Å². The third-order valence-corrected chi connectivity index (χ3v) is 2.59. The number of rotatable bonds is 3. The number of aromatic nitrogens is 1. The minimum atomic E-state index is -1.09. The standard InChI is InChI=1S/C12H10FNO3/c1-7(8-2-4-9(13)5-3-8)11-10(12(15)16)6-14-17-11/h2-7H,1H3,(H,15,16). The van der Waals surface area contributed by atoms with Crippen molar-refractivity contribution in [3.63, 3.8) is 0 Å². The Bertz CT molecular complexity index is 533. The van der Waals surface area contributed by atoms with Gasteiger partial charge in [0, 0.05) is 5.92 Å². The Kier molecular flexibility index (Phi) is 2.91. The average molecular weight is 235 g/mol. The van der Waals surface area contributed by atoms with Crippen LogP contribution < -0.4 is 0 Å². The number of aromatic carboxylic acids is 1. The first-order chi connectivity index (χ1) is 8.09. The quantitative estimate of drug-likeness (QED) is 0.888. The van der Waals surface area contributed by atoms with E-state index < -0.39 is 5.97 Å². The lowest BCUT2D eigenvalue weighted by Crippen LogP contribution is -2.03. The van der Waals surface area contributed by atoms with E-state index in [2.05, 4.69) is 5.16 Å². The lowest BCUT2D eigenvalue weighted by Gasteiger charge is -2.08. The Labute approximate surface area is 96.7 Å². The highest BCUT2D eigenvalue weighted by Gasteiger charge is 2.21. The van der Waals surface area contributed by atoms with E-state index >= 15 is 0 Å². The summed E-state index contributed by atoms with van der Waals surface area (Å²) in [7, 11) is 0. The van der Waals surface area contributed by atoms with Crippen LogP contribution in [0.1, 0.15) is 34.5 Å². The largest absolute Gasteiger partial charge is 0.478 e. The van der Waals surface area contributed by atoms with Gasteiger partial charge in [-0.25, -0.2) is 9.18 Å². The molecule has 0 spiro atoms. The number of carboxylic acid groups (broad SMARTS) is 1. The van der Waals surface area contributed by atoms with Crippen LogP contribution in [0.5, 0.6) is 0 Å². The first-order valence-electron chi connectivity index (χ1n) is 5.03. The molecule has 1 heterocycles. The molecule has 1 N–H and O–H groups in total. The Balaban J connectivity index is 2.36. The van der Waals surface area contributed by atoms with E-state index in [1.54, 1.807) is 19.1 Å². The molecule has 0 fully saturated rings. The molecule has 0 aliphatic rings. The Morgan fingerprint density at radius 3 is 2.65 bits per heavy atom. The van der Waals surface area contributed by atoms with Crippen LogP contribution in [0.25, 0.3) is 0 Å². The highest BCUT2D eigenvalue weighted by Crippen LogP contribution is 2.26. The van der Waals surface area contributed by atoms with Gasteiger partial charge in [0.25, 0.3) is 0 Å². The van der Waals surface area contributed by atoms with Crippen molar-refractivity contribution in [2.45, 2.75) is 12.8 Å². The van der Waals surface area contributed by atoms with Gasteiger partial charge in [0.15, 0.2) is 5.76 Å². The van der Waals surface area contributed by atoms with Gasteiger partial charge in [-0.2, -0.15) is 0 Å². The topological polar surface area (TPSA) is 63.3 Å². The van der Waals surface area contributed by atoms with E-state index in [1.807, 2.05) is 0 Å². The lowest BCUT2D eigenvalue weighted by atomic mass is 9.96. The van der Waals surface area contributed by atoms with Crippen LogP contribution >= 0.6 is 0 Å². The Morgan fingerprint density at radius 2 is 2.06 bits per heavy atom. The third kappa shape index (κ3) is 2.18. The molecule has 0 saturated heterocycles. The summed E-state index contributed by atoms with van der Waals surface area (Å²) < 4.78 is 17.7. The van der Waals surface area contributed by atoms with Crippen LogP contribution in [-0.4, -0.2) is 16.2 Å². The van der Waals surface area contributed by atoms with E-state index in [-0.39, 0.29) is 23.1 Å². The molecule has 0 aliphatic heterocycles. The van der Waals surface area contributed by atoms with Crippen LogP contribution in [0.2, 0.25) is 0 Å². The van der Waals surface area contributed by atoms with Gasteiger partial charge in [-0.05, 0) is 17.7 Å². The van der Waals surface area contributed by atoms with Crippen molar-refractivity contribution in [3.05, 3.63) is 53.2 Å². The normalized spacial score (nSPS) is 12.4. The fraction of sp³-hybridized carbons (Fsp3) is 0.167. The second-order valence-electron chi connectivity index (χ2n) is 3.68. The fourth-order valence-corrected chi connectivity index (χ4v) is 1.62. The second-order valence-corrected chi connectivity index (χ2v) is 3.68. The van der Waals surface area contributed by atoms with Crippen molar-refractivity contribution in [1.82, 2.24) is 5.16 Å². The van der Waals surface area contributed by atoms with Crippen molar-refractivity contribution < 1.29 is 18.8 Å². The zero-order valence-electron chi connectivity index (χ0n) is 9.05. The Hall–Kier alpha value is -2.17. The molecule has 1 aromatic heterocycles. The first kappa shape index (κ1) is 11.3. The predicted molar refractivity (Wildman–Crippen MR) is 57.4 cm³/mol. The molecule has 2 rings (SSSR count). The predicted octanol–water partition coefficient (Wildman–Crippen LogP) is 2.66. The van der Waals surface area contributed by atoms with Crippen molar-refractivity contribution in [2.24, 2.45) is 0 Å². The number of carboxylic acids is 1. The fourth-order valence-electron chi connectivity index (χ4n) is 1.62. The summed E-state index contributed by atoms with van der Waals surface area (Å²) in [6, 6.07) is 5.83. The molecular formula is C12H10FNO3. The summed E-state index contributed by atoms with van der Waals surface area (Å²) in [5.41, 5.74) is 0.799. The SMILES string of the molecule is CC(c1ccc(F)cc1)c1oncc1C(=O)O. The average Bonchev–Trinajstić information content (AvgIpc) is 2.78. The molecule has 0 bridgehead atoms. The minimum absolute atomic E-state index is 0.0295. The van der Waals surface area contributed by atoms with Gasteiger partial charge in [0.05, 0.1) is 6.20 Å². The minimum Gasteiger partial charge on any atom is -0.478 e. The summed E-state index contributed by atoms with van der Waals surface area (Å²) in [6.45, 7) is 1.78. The Morgan fingerprint density at radius 1 is 1.41 bits per heavy atom. The molecule has 2 aromatic rings. The van der Waals surface area contributed by atoms with Gasteiger partial charge in [0.2, 0.25) is 0 Å². The molecule has 5 heteroatoms. The van der Waals surface area contributed by atoms with E-state index in [0.717, 1.165) is 11.8 Å². The van der Waals surface area contributed by atoms with Gasteiger partial charge in [-0.15, -0.1) is 0 Å². The molecule has 17 heavy (non-hydrogen) atoms. The molecule has 88 valence electrons. The summed E-state index contributed by atoms with van der Waals surface area (Å²) >= 11 is 0. The van der Waals surface area contributed by atoms with E-state index in [4.69, 9.17) is 9.63 Å². The summed E-state index contributed by atoms with van der Waals surface area (Å²) in [6.07, 6.45) is 1.16. The van der Waals surface area contributed by atoms with Crippen LogP contribution in [0.4, 0.5) is 4.39 Å². The summed E-state index contributed by atoms with van der Waals surface area (Å²) in [4.78, 5) is 10.9. The number of halogens is 1. The zero-order valence-corrected chi connectivity index (χ0v) is 9.05. The highest BCUT2D eigenvalue weighted by molar-refractivity contribution is 5.88.